The molecule has 426 valence electrons. The number of allylic oxidation sites excluding steroid dienone is 12. The Kier molecular flexibility index (Phi) is 29.0. The van der Waals surface area contributed by atoms with Crippen molar-refractivity contribution in [1.29, 1.82) is 0 Å². The van der Waals surface area contributed by atoms with Crippen LogP contribution in [-0.4, -0.2) is 186 Å². The molecule has 3 aliphatic rings. The number of aliphatic hydroxyl groups is 10. The first-order valence-corrected chi connectivity index (χ1v) is 26.1. The Balaban J connectivity index is 1.94. The van der Waals surface area contributed by atoms with Gasteiger partial charge in [-0.25, -0.2) is 0 Å². The molecular weight excluding hydrogens is 979 g/mol. The van der Waals surface area contributed by atoms with Crippen molar-refractivity contribution >= 4 is 17.8 Å². The van der Waals surface area contributed by atoms with Gasteiger partial charge in [-0.2, -0.15) is 0 Å². The maximum Gasteiger partial charge on any atom is 0.313 e. The molecule has 3 aliphatic heterocycles. The molecule has 21 nitrogen and oxygen atoms in total. The number of unbranched alkanes of at least 4 members (excludes halogenated alkanes) is 1. The van der Waals surface area contributed by atoms with Crippen molar-refractivity contribution in [3.05, 3.63) is 85.1 Å². The molecule has 2 fully saturated rings. The Morgan fingerprint density at radius 3 is 1.92 bits per heavy atom. The molecule has 2 saturated heterocycles. The molecule has 15 N–H and O–H groups in total. The Hall–Kier alpha value is -4.01. The smallest absolute Gasteiger partial charge is 0.313 e. The Labute approximate surface area is 440 Å². The van der Waals surface area contributed by atoms with E-state index in [-0.39, 0.29) is 31.6 Å². The highest BCUT2D eigenvalue weighted by Gasteiger charge is 2.51. The van der Waals surface area contributed by atoms with E-state index in [0.29, 0.717) is 25.8 Å². The number of nitrogens with two attached hydrogens (primary N) is 2. The van der Waals surface area contributed by atoms with Crippen molar-refractivity contribution in [2.75, 3.05) is 13.7 Å². The number of aliphatic hydroxyl groups excluding tert-OH is 9. The number of cyclic esters (lactones) is 1. The van der Waals surface area contributed by atoms with Crippen LogP contribution in [0.15, 0.2) is 85.1 Å². The van der Waals surface area contributed by atoms with Crippen molar-refractivity contribution in [1.82, 2.24) is 5.32 Å². The lowest BCUT2D eigenvalue weighted by molar-refractivity contribution is -0.309. The van der Waals surface area contributed by atoms with Crippen molar-refractivity contribution in [2.24, 2.45) is 29.2 Å². The largest absolute Gasteiger partial charge is 0.469 e. The minimum absolute atomic E-state index is 0.116. The molecule has 0 aromatic heterocycles. The minimum Gasteiger partial charge on any atom is -0.469 e. The van der Waals surface area contributed by atoms with Crippen LogP contribution in [-0.2, 0) is 38.1 Å². The van der Waals surface area contributed by atoms with E-state index < -0.39 is 159 Å². The number of ether oxygens (including phenoxy) is 5. The van der Waals surface area contributed by atoms with Gasteiger partial charge in [0, 0.05) is 37.5 Å². The molecule has 3 heterocycles. The van der Waals surface area contributed by atoms with E-state index in [4.69, 9.17) is 35.2 Å². The van der Waals surface area contributed by atoms with E-state index in [9.17, 15) is 65.4 Å². The van der Waals surface area contributed by atoms with Gasteiger partial charge in [-0.3, -0.25) is 14.4 Å². The van der Waals surface area contributed by atoms with E-state index in [1.54, 1.807) is 80.7 Å². The maximum absolute atomic E-state index is 13.3. The van der Waals surface area contributed by atoms with Gasteiger partial charge in [-0.05, 0) is 52.5 Å². The summed E-state index contributed by atoms with van der Waals surface area (Å²) >= 11 is 0. The van der Waals surface area contributed by atoms with E-state index in [1.807, 2.05) is 19.1 Å². The standard InChI is InChI=1S/C54H87N3O18/c1-32-20-16-14-12-10-8-6-7-9-11-13-15-17-21-39(74-53-50(67)47(49(66)35(4)73-53)57-51(68)40(56)22-18-19-25-55)29-44-46(52(69)71-5)43(63)31-54(70,75-44)30-38(60)27-42(62)41(61)24-23-36(58)26-37(59)28-45(64)72-34(3)33(2)48(32)65/h6-17,20-21,32-44,46-50,53,58-63,65-67,70H,18-19,22-31,55-56H2,1-5H3,(H,57,68)/b7-6+,10-8+,11-9+,14-12+,15-13+,20-16-,21-17+. The third kappa shape index (κ3) is 22.5. The molecule has 0 aromatic rings. The second-order valence-electron chi connectivity index (χ2n) is 20.1. The summed E-state index contributed by atoms with van der Waals surface area (Å²) in [5.41, 5.74) is 11.7. The van der Waals surface area contributed by atoms with Crippen LogP contribution in [0.2, 0.25) is 0 Å². The summed E-state index contributed by atoms with van der Waals surface area (Å²) in [5.74, 6) is -6.77. The lowest BCUT2D eigenvalue weighted by Gasteiger charge is -2.46. The van der Waals surface area contributed by atoms with Gasteiger partial charge in [0.15, 0.2) is 12.1 Å². The van der Waals surface area contributed by atoms with Crippen molar-refractivity contribution in [2.45, 2.75) is 202 Å². The van der Waals surface area contributed by atoms with Gasteiger partial charge in [-0.15, -0.1) is 0 Å². The summed E-state index contributed by atoms with van der Waals surface area (Å²) in [6, 6.07) is -2.26. The zero-order valence-electron chi connectivity index (χ0n) is 43.9. The molecular formula is C54H87N3O18. The van der Waals surface area contributed by atoms with Crippen LogP contribution in [0.25, 0.3) is 0 Å². The Bertz CT molecular complexity index is 1930. The second-order valence-corrected chi connectivity index (χ2v) is 20.1. The molecule has 20 unspecified atom stereocenters. The molecule has 20 atom stereocenters. The quantitative estimate of drug-likeness (QED) is 0.110. The van der Waals surface area contributed by atoms with Crippen LogP contribution in [0.1, 0.15) is 98.3 Å². The fourth-order valence-corrected chi connectivity index (χ4v) is 9.14. The van der Waals surface area contributed by atoms with Gasteiger partial charge in [0.1, 0.15) is 24.2 Å². The molecule has 1 amide bonds. The number of carbonyl (C=O) groups excluding carboxylic acids is 3. The van der Waals surface area contributed by atoms with E-state index >= 15 is 0 Å². The lowest BCUT2D eigenvalue weighted by Crippen LogP contribution is -2.65. The summed E-state index contributed by atoms with van der Waals surface area (Å²) < 4.78 is 28.8. The van der Waals surface area contributed by atoms with Crippen LogP contribution >= 0.6 is 0 Å². The Morgan fingerprint density at radius 1 is 0.720 bits per heavy atom. The zero-order chi connectivity index (χ0) is 55.8. The predicted octanol–water partition coefficient (Wildman–Crippen LogP) is 0.414. The molecule has 0 aromatic carbocycles. The number of methoxy groups -OCH3 is 1. The molecule has 0 aliphatic carbocycles. The lowest BCUT2D eigenvalue weighted by atomic mass is 9.82. The fraction of sp³-hybridized carbons (Fsp3) is 0.685. The summed E-state index contributed by atoms with van der Waals surface area (Å²) in [5, 5.41) is 113. The van der Waals surface area contributed by atoms with Crippen LogP contribution < -0.4 is 16.8 Å². The maximum atomic E-state index is 13.3. The highest BCUT2D eigenvalue weighted by molar-refractivity contribution is 5.81. The number of esters is 2. The summed E-state index contributed by atoms with van der Waals surface area (Å²) in [6.07, 6.45) is 4.40. The van der Waals surface area contributed by atoms with Gasteiger partial charge in [0.05, 0.1) is 86.7 Å². The van der Waals surface area contributed by atoms with Gasteiger partial charge < -0.3 is 91.5 Å². The first-order chi connectivity index (χ1) is 35.5. The minimum atomic E-state index is -2.33. The molecule has 0 saturated carbocycles. The van der Waals surface area contributed by atoms with Crippen molar-refractivity contribution in [3.63, 3.8) is 0 Å². The number of carbonyl (C=O) groups is 3. The predicted molar refractivity (Wildman–Crippen MR) is 276 cm³/mol. The number of fused-ring (bicyclic) bond motifs is 2. The molecule has 21 heteroatoms. The van der Waals surface area contributed by atoms with Crippen molar-refractivity contribution < 1.29 is 89.1 Å². The topological polar surface area (TPSA) is 364 Å². The monoisotopic (exact) mass is 1070 g/mol. The average Bonchev–Trinajstić information content (AvgIpc) is 3.34. The third-order valence-electron chi connectivity index (χ3n) is 13.8. The second kappa shape index (κ2) is 33.3. The molecule has 2 bridgehead atoms. The number of amides is 1. The summed E-state index contributed by atoms with van der Waals surface area (Å²) in [6.45, 7) is 7.13. The molecule has 0 radical (unpaired) electrons. The molecule has 0 spiro atoms. The number of hydrogen-bond donors (Lipinski definition) is 13. The number of rotatable bonds is 9. The Morgan fingerprint density at radius 2 is 1.32 bits per heavy atom. The van der Waals surface area contributed by atoms with Crippen LogP contribution in [0.4, 0.5) is 0 Å². The summed E-state index contributed by atoms with van der Waals surface area (Å²) in [7, 11) is 1.10. The van der Waals surface area contributed by atoms with E-state index in [0.717, 1.165) is 7.11 Å². The summed E-state index contributed by atoms with van der Waals surface area (Å²) in [4.78, 5) is 39.1. The average molecular weight is 1070 g/mol. The van der Waals surface area contributed by atoms with Gasteiger partial charge >= 0.3 is 11.9 Å². The van der Waals surface area contributed by atoms with Gasteiger partial charge in [0.25, 0.3) is 0 Å². The molecule has 3 rings (SSSR count). The third-order valence-corrected chi connectivity index (χ3v) is 13.8. The number of nitrogens with one attached hydrogen (secondary N) is 1. The first-order valence-electron chi connectivity index (χ1n) is 26.1. The van der Waals surface area contributed by atoms with E-state index in [2.05, 4.69) is 5.32 Å². The van der Waals surface area contributed by atoms with Crippen LogP contribution in [0, 0.1) is 17.8 Å². The molecule has 75 heavy (non-hydrogen) atoms. The zero-order valence-corrected chi connectivity index (χ0v) is 43.9. The van der Waals surface area contributed by atoms with Gasteiger partial charge in [0.2, 0.25) is 5.91 Å². The highest BCUT2D eigenvalue weighted by Crippen LogP contribution is 2.38. The van der Waals surface area contributed by atoms with E-state index in [1.165, 1.54) is 13.0 Å². The highest BCUT2D eigenvalue weighted by atomic mass is 16.7. The van der Waals surface area contributed by atoms with Crippen LogP contribution in [0.5, 0.6) is 0 Å². The SMILES string of the molecule is COC(=O)C1C(O)CC2(O)CC(O)CC(O)C(O)CCC(O)CC(O)CC(=O)OC(C)C(C)C(O)C(C)\C=C/C=C/C=C/C=C/C=C/C=C/C=C/C(OC3OC(C)C(O)C(NC(=O)C(N)CCCCN)C3O)CC1O2. The normalized spacial score (nSPS) is 41.3. The number of hydrogen-bond acceptors (Lipinski definition) is 20. The van der Waals surface area contributed by atoms with Crippen molar-refractivity contribution in [3.8, 4) is 0 Å². The fourth-order valence-electron chi connectivity index (χ4n) is 9.14. The first kappa shape index (κ1) is 65.3. The van der Waals surface area contributed by atoms with Crippen LogP contribution in [0.3, 0.4) is 0 Å². The van der Waals surface area contributed by atoms with Gasteiger partial charge in [-0.1, -0.05) is 105 Å².